The number of methoxy groups -OCH3 is 2. The van der Waals surface area contributed by atoms with Crippen molar-refractivity contribution >= 4 is 31.9 Å². The molecule has 1 aliphatic carbocycles. The molecule has 10 nitrogen and oxygen atoms in total. The zero-order chi connectivity index (χ0) is 31.2. The summed E-state index contributed by atoms with van der Waals surface area (Å²) >= 11 is 3.69. The van der Waals surface area contributed by atoms with Gasteiger partial charge in [0.1, 0.15) is 27.8 Å². The van der Waals surface area contributed by atoms with Crippen LogP contribution >= 0.6 is 15.9 Å². The second-order valence-corrected chi connectivity index (χ2v) is 13.9. The molecule has 2 aliphatic heterocycles. The third kappa shape index (κ3) is 5.03. The zero-order valence-electron chi connectivity index (χ0n) is 24.5. The number of hydrazine groups is 1. The van der Waals surface area contributed by atoms with E-state index < -0.39 is 27.6 Å². The van der Waals surface area contributed by atoms with Gasteiger partial charge in [-0.1, -0.05) is 25.1 Å². The lowest BCUT2D eigenvalue weighted by Crippen LogP contribution is -2.52. The van der Waals surface area contributed by atoms with Crippen molar-refractivity contribution in [1.29, 1.82) is 0 Å². The van der Waals surface area contributed by atoms with Crippen molar-refractivity contribution in [3.8, 4) is 17.2 Å². The molecule has 1 amide bonds. The van der Waals surface area contributed by atoms with Crippen molar-refractivity contribution in [2.24, 2.45) is 5.92 Å². The molecule has 0 unspecified atom stereocenters. The number of aliphatic hydroxyl groups excluding tert-OH is 1. The number of carbonyl (C=O) groups excluding carboxylic acids is 1. The average Bonchev–Trinajstić information content (AvgIpc) is 3.30. The average molecular weight is 685 g/mol. The van der Waals surface area contributed by atoms with Gasteiger partial charge in [0.15, 0.2) is 0 Å². The summed E-state index contributed by atoms with van der Waals surface area (Å²) in [6.07, 6.45) is 2.35. The topological polar surface area (TPSA) is 126 Å². The molecule has 232 valence electrons. The highest BCUT2D eigenvalue weighted by Crippen LogP contribution is 2.60. The Hall–Kier alpha value is -3.58. The molecular formula is C32H34BrN3O7S. The van der Waals surface area contributed by atoms with E-state index in [0.29, 0.717) is 45.8 Å². The second-order valence-electron chi connectivity index (χ2n) is 11.4. The SMILES string of the molecule is COc1ccc(S(=O)(=O)NNC2=C[C@H]3Oc4c(Br)c(OC)cc5c4[C@@]3(C[C@@H](CO)N(C(=O)c3ccccc3)C5)[C@H](C)C2)cc1. The van der Waals surface area contributed by atoms with Gasteiger partial charge in [-0.3, -0.25) is 4.79 Å². The van der Waals surface area contributed by atoms with Crippen LogP contribution in [0, 0.1) is 5.92 Å². The fourth-order valence-corrected chi connectivity index (χ4v) is 8.27. The van der Waals surface area contributed by atoms with E-state index in [4.69, 9.17) is 14.2 Å². The quantitative estimate of drug-likeness (QED) is 0.301. The monoisotopic (exact) mass is 683 g/mol. The first-order valence-corrected chi connectivity index (χ1v) is 16.6. The van der Waals surface area contributed by atoms with E-state index in [2.05, 4.69) is 33.1 Å². The van der Waals surface area contributed by atoms with Gasteiger partial charge in [0.25, 0.3) is 15.9 Å². The van der Waals surface area contributed by atoms with Gasteiger partial charge < -0.3 is 29.6 Å². The first-order chi connectivity index (χ1) is 21.1. The molecule has 0 aromatic heterocycles. The van der Waals surface area contributed by atoms with Crippen molar-refractivity contribution in [3.63, 3.8) is 0 Å². The zero-order valence-corrected chi connectivity index (χ0v) is 26.9. The molecule has 0 saturated carbocycles. The minimum absolute atomic E-state index is 0.0633. The van der Waals surface area contributed by atoms with Crippen molar-refractivity contribution in [3.05, 3.63) is 93.6 Å². The van der Waals surface area contributed by atoms with Crippen LogP contribution in [-0.2, 0) is 22.0 Å². The first kappa shape index (κ1) is 30.4. The highest BCUT2D eigenvalue weighted by atomic mass is 79.9. The van der Waals surface area contributed by atoms with Gasteiger partial charge in [0.05, 0.1) is 31.8 Å². The first-order valence-electron chi connectivity index (χ1n) is 14.3. The Balaban J connectivity index is 1.37. The molecule has 3 aliphatic rings. The number of carbonyl (C=O) groups is 1. The summed E-state index contributed by atoms with van der Waals surface area (Å²) < 4.78 is 44.2. The molecule has 6 rings (SSSR count). The van der Waals surface area contributed by atoms with E-state index in [9.17, 15) is 18.3 Å². The van der Waals surface area contributed by atoms with Gasteiger partial charge in [-0.2, -0.15) is 0 Å². The summed E-state index contributed by atoms with van der Waals surface area (Å²) in [5.41, 5.74) is 5.40. The van der Waals surface area contributed by atoms with Crippen LogP contribution in [-0.4, -0.2) is 57.3 Å². The highest BCUT2D eigenvalue weighted by Gasteiger charge is 2.58. The number of nitrogens with zero attached hydrogens (tertiary/aromatic N) is 1. The largest absolute Gasteiger partial charge is 0.497 e. The number of sulfonamides is 1. The van der Waals surface area contributed by atoms with E-state index in [0.717, 1.165) is 11.1 Å². The number of rotatable bonds is 8. The number of amides is 1. The molecule has 4 atom stereocenters. The van der Waals surface area contributed by atoms with E-state index >= 15 is 0 Å². The lowest BCUT2D eigenvalue weighted by atomic mass is 9.60. The van der Waals surface area contributed by atoms with Crippen molar-refractivity contribution in [2.45, 2.75) is 48.8 Å². The summed E-state index contributed by atoms with van der Waals surface area (Å²) in [5.74, 6) is 1.54. The molecule has 0 radical (unpaired) electrons. The van der Waals surface area contributed by atoms with Gasteiger partial charge in [-0.15, -0.1) is 4.83 Å². The fraction of sp³-hybridized carbons (Fsp3) is 0.344. The smallest absolute Gasteiger partial charge is 0.257 e. The third-order valence-corrected chi connectivity index (χ3v) is 11.0. The van der Waals surface area contributed by atoms with Crippen molar-refractivity contribution < 1.29 is 32.5 Å². The van der Waals surface area contributed by atoms with Crippen LogP contribution in [0.1, 0.15) is 41.3 Å². The second kappa shape index (κ2) is 11.7. The molecule has 0 saturated heterocycles. The molecular weight excluding hydrogens is 650 g/mol. The van der Waals surface area contributed by atoms with Gasteiger partial charge in [-0.05, 0) is 88.8 Å². The Kier molecular flexibility index (Phi) is 8.12. The molecule has 0 bridgehead atoms. The number of allylic oxidation sites excluding steroid dienone is 1. The number of hydrogen-bond donors (Lipinski definition) is 3. The van der Waals surface area contributed by atoms with Crippen LogP contribution in [0.3, 0.4) is 0 Å². The molecule has 44 heavy (non-hydrogen) atoms. The Morgan fingerprint density at radius 2 is 1.86 bits per heavy atom. The van der Waals surface area contributed by atoms with E-state index in [1.54, 1.807) is 36.3 Å². The van der Waals surface area contributed by atoms with E-state index in [1.807, 2.05) is 30.3 Å². The van der Waals surface area contributed by atoms with Crippen LogP contribution < -0.4 is 24.5 Å². The molecule has 2 heterocycles. The van der Waals surface area contributed by atoms with Crippen LogP contribution in [0.4, 0.5) is 0 Å². The van der Waals surface area contributed by atoms with Gasteiger partial charge in [0, 0.05) is 28.8 Å². The lowest BCUT2D eigenvalue weighted by molar-refractivity contribution is 0.0405. The Morgan fingerprint density at radius 3 is 2.52 bits per heavy atom. The highest BCUT2D eigenvalue weighted by molar-refractivity contribution is 9.10. The van der Waals surface area contributed by atoms with Crippen molar-refractivity contribution in [2.75, 3.05) is 20.8 Å². The molecule has 3 aromatic rings. The number of nitrogens with one attached hydrogen (secondary N) is 2. The maximum absolute atomic E-state index is 13.8. The molecule has 3 aromatic carbocycles. The van der Waals surface area contributed by atoms with Gasteiger partial charge in [-0.25, -0.2) is 8.42 Å². The number of aliphatic hydroxyl groups is 1. The Bertz CT molecular complexity index is 1720. The summed E-state index contributed by atoms with van der Waals surface area (Å²) in [7, 11) is -0.774. The van der Waals surface area contributed by atoms with Gasteiger partial charge >= 0.3 is 0 Å². The number of benzene rings is 3. The lowest BCUT2D eigenvalue weighted by Gasteiger charge is -2.44. The molecule has 1 spiro atoms. The predicted octanol–water partition coefficient (Wildman–Crippen LogP) is 4.28. The van der Waals surface area contributed by atoms with Crippen molar-refractivity contribution in [1.82, 2.24) is 15.2 Å². The minimum atomic E-state index is -3.87. The molecule has 3 N–H and O–H groups in total. The summed E-state index contributed by atoms with van der Waals surface area (Å²) in [6, 6.07) is 16.6. The number of halogens is 1. The Labute approximate surface area is 265 Å². The predicted molar refractivity (Wildman–Crippen MR) is 167 cm³/mol. The standard InChI is InChI=1S/C32H34BrN3O7S/c1-19-13-22(34-35-44(39,40)25-11-9-24(41-2)10-12-25)15-27-32(19)16-23(18-37)36(31(38)20-7-5-4-6-8-20)17-21-14-26(42-3)29(33)30(43-27)28(21)32/h4-12,14-15,19,23,27,34-35,37H,13,16-18H2,1-3H3/t19-,23+,27-,32+/m1/s1. The maximum Gasteiger partial charge on any atom is 0.257 e. The van der Waals surface area contributed by atoms with E-state index in [-0.39, 0.29) is 29.9 Å². The number of hydrogen-bond acceptors (Lipinski definition) is 8. The summed E-state index contributed by atoms with van der Waals surface area (Å²) in [4.78, 5) is 18.2. The minimum Gasteiger partial charge on any atom is -0.497 e. The summed E-state index contributed by atoms with van der Waals surface area (Å²) in [5, 5.41) is 10.7. The normalized spacial score (nSPS) is 23.9. The Morgan fingerprint density at radius 1 is 1.14 bits per heavy atom. The molecule has 0 fully saturated rings. The summed E-state index contributed by atoms with van der Waals surface area (Å²) in [6.45, 7) is 2.15. The molecule has 12 heteroatoms. The van der Waals surface area contributed by atoms with Crippen LogP contribution in [0.5, 0.6) is 17.2 Å². The van der Waals surface area contributed by atoms with Crippen LogP contribution in [0.2, 0.25) is 0 Å². The van der Waals surface area contributed by atoms with E-state index in [1.165, 1.54) is 19.2 Å². The fourth-order valence-electron chi connectivity index (χ4n) is 6.82. The third-order valence-electron chi connectivity index (χ3n) is 9.03. The van der Waals surface area contributed by atoms with Crippen LogP contribution in [0.15, 0.2) is 81.8 Å². The number of ether oxygens (including phenoxy) is 3. The maximum atomic E-state index is 13.8. The van der Waals surface area contributed by atoms with Crippen LogP contribution in [0.25, 0.3) is 0 Å². The van der Waals surface area contributed by atoms with Gasteiger partial charge in [0.2, 0.25) is 0 Å².